The van der Waals surface area contributed by atoms with Gasteiger partial charge in [-0.1, -0.05) is 6.07 Å². The van der Waals surface area contributed by atoms with Gasteiger partial charge in [0.05, 0.1) is 0 Å². The lowest BCUT2D eigenvalue weighted by Crippen LogP contribution is -2.31. The molecule has 0 aliphatic carbocycles. The highest BCUT2D eigenvalue weighted by molar-refractivity contribution is 5.95. The third-order valence-corrected chi connectivity index (χ3v) is 3.12. The van der Waals surface area contributed by atoms with E-state index in [9.17, 15) is 4.79 Å². The number of rotatable bonds is 2. The van der Waals surface area contributed by atoms with Gasteiger partial charge < -0.3 is 15.5 Å². The number of nitrogens with zero attached hydrogens (tertiary/aromatic N) is 2. The predicted octanol–water partition coefficient (Wildman–Crippen LogP) is 1.35. The smallest absolute Gasteiger partial charge is 0.253 e. The highest BCUT2D eigenvalue weighted by Crippen LogP contribution is 2.17. The lowest BCUT2D eigenvalue weighted by molar-refractivity contribution is 0.0791. The normalized spacial score (nSPS) is 18.4. The van der Waals surface area contributed by atoms with E-state index in [1.165, 1.54) is 0 Å². The molecule has 18 heavy (non-hydrogen) atoms. The number of hydrogen-bond donors (Lipinski definition) is 1. The average Bonchev–Trinajstić information content (AvgIpc) is 2.75. The SMILES string of the molecule is CN(C)c1cccc(C(=O)N2CCC(N)C2)c1.Cl. The molecule has 1 aliphatic heterocycles. The molecule has 1 saturated heterocycles. The molecule has 0 bridgehead atoms. The molecule has 1 aromatic rings. The number of anilines is 1. The quantitative estimate of drug-likeness (QED) is 0.882. The molecule has 1 aliphatic rings. The second-order valence-electron chi connectivity index (χ2n) is 4.74. The maximum absolute atomic E-state index is 12.2. The first kappa shape index (κ1) is 14.8. The zero-order valence-electron chi connectivity index (χ0n) is 10.8. The van der Waals surface area contributed by atoms with E-state index in [0.29, 0.717) is 6.54 Å². The van der Waals surface area contributed by atoms with Crippen molar-refractivity contribution in [2.75, 3.05) is 32.1 Å². The second-order valence-corrected chi connectivity index (χ2v) is 4.74. The van der Waals surface area contributed by atoms with Gasteiger partial charge >= 0.3 is 0 Å². The Balaban J connectivity index is 0.00000162. The molecule has 2 N–H and O–H groups in total. The maximum atomic E-state index is 12.2. The van der Waals surface area contributed by atoms with Gasteiger partial charge in [0, 0.05) is 44.5 Å². The van der Waals surface area contributed by atoms with Crippen LogP contribution in [-0.2, 0) is 0 Å². The van der Waals surface area contributed by atoms with Crippen LogP contribution in [0.4, 0.5) is 5.69 Å². The van der Waals surface area contributed by atoms with Gasteiger partial charge in [0.15, 0.2) is 0 Å². The largest absolute Gasteiger partial charge is 0.378 e. The van der Waals surface area contributed by atoms with Crippen molar-refractivity contribution in [2.45, 2.75) is 12.5 Å². The first-order valence-corrected chi connectivity index (χ1v) is 5.90. The molecule has 1 amide bonds. The summed E-state index contributed by atoms with van der Waals surface area (Å²) in [7, 11) is 3.94. The van der Waals surface area contributed by atoms with Crippen LogP contribution < -0.4 is 10.6 Å². The zero-order chi connectivity index (χ0) is 12.4. The Bertz CT molecular complexity index is 422. The van der Waals surface area contributed by atoms with E-state index in [-0.39, 0.29) is 24.4 Å². The highest BCUT2D eigenvalue weighted by atomic mass is 35.5. The molecular formula is C13H20ClN3O. The van der Waals surface area contributed by atoms with Gasteiger partial charge in [0.2, 0.25) is 0 Å². The van der Waals surface area contributed by atoms with E-state index in [1.807, 2.05) is 48.2 Å². The summed E-state index contributed by atoms with van der Waals surface area (Å²) in [4.78, 5) is 16.0. The summed E-state index contributed by atoms with van der Waals surface area (Å²) in [6.07, 6.45) is 0.902. The number of carbonyl (C=O) groups excluding carboxylic acids is 1. The zero-order valence-corrected chi connectivity index (χ0v) is 11.6. The summed E-state index contributed by atoms with van der Waals surface area (Å²) in [6, 6.07) is 7.83. The number of nitrogens with two attached hydrogens (primary N) is 1. The molecule has 1 unspecified atom stereocenters. The van der Waals surface area contributed by atoms with Crippen molar-refractivity contribution in [1.29, 1.82) is 0 Å². The molecule has 1 heterocycles. The fourth-order valence-electron chi connectivity index (χ4n) is 2.07. The molecule has 0 spiro atoms. The number of benzene rings is 1. The number of halogens is 1. The van der Waals surface area contributed by atoms with Crippen LogP contribution in [0.1, 0.15) is 16.8 Å². The lowest BCUT2D eigenvalue weighted by atomic mass is 10.1. The summed E-state index contributed by atoms with van der Waals surface area (Å²) in [5.41, 5.74) is 7.60. The Morgan fingerprint density at radius 2 is 2.17 bits per heavy atom. The van der Waals surface area contributed by atoms with Crippen LogP contribution in [0, 0.1) is 0 Å². The van der Waals surface area contributed by atoms with E-state index in [0.717, 1.165) is 24.2 Å². The Morgan fingerprint density at radius 3 is 2.72 bits per heavy atom. The highest BCUT2D eigenvalue weighted by Gasteiger charge is 2.24. The maximum Gasteiger partial charge on any atom is 0.253 e. The van der Waals surface area contributed by atoms with Crippen LogP contribution in [0.5, 0.6) is 0 Å². The summed E-state index contributed by atoms with van der Waals surface area (Å²) >= 11 is 0. The summed E-state index contributed by atoms with van der Waals surface area (Å²) in [6.45, 7) is 1.44. The first-order chi connectivity index (χ1) is 8.08. The molecule has 0 aromatic heterocycles. The summed E-state index contributed by atoms with van der Waals surface area (Å²) in [5.74, 6) is 0.0849. The third-order valence-electron chi connectivity index (χ3n) is 3.12. The molecule has 2 rings (SSSR count). The summed E-state index contributed by atoms with van der Waals surface area (Å²) < 4.78 is 0. The topological polar surface area (TPSA) is 49.6 Å². The fraction of sp³-hybridized carbons (Fsp3) is 0.462. The minimum Gasteiger partial charge on any atom is -0.378 e. The Hall–Kier alpha value is -1.26. The first-order valence-electron chi connectivity index (χ1n) is 5.90. The molecule has 0 radical (unpaired) electrons. The van der Waals surface area contributed by atoms with E-state index < -0.39 is 0 Å². The third kappa shape index (κ3) is 3.15. The minimum absolute atomic E-state index is 0. The van der Waals surface area contributed by atoms with Crippen molar-refractivity contribution < 1.29 is 4.79 Å². The van der Waals surface area contributed by atoms with Gasteiger partial charge in [0.25, 0.3) is 5.91 Å². The van der Waals surface area contributed by atoms with Crippen molar-refractivity contribution in [3.63, 3.8) is 0 Å². The lowest BCUT2D eigenvalue weighted by Gasteiger charge is -2.18. The van der Waals surface area contributed by atoms with E-state index >= 15 is 0 Å². The molecule has 4 nitrogen and oxygen atoms in total. The minimum atomic E-state index is 0. The number of carbonyl (C=O) groups is 1. The molecule has 0 saturated carbocycles. The van der Waals surface area contributed by atoms with Gasteiger partial charge in [-0.25, -0.2) is 0 Å². The molecular weight excluding hydrogens is 250 g/mol. The van der Waals surface area contributed by atoms with Crippen molar-refractivity contribution in [3.8, 4) is 0 Å². The van der Waals surface area contributed by atoms with Crippen LogP contribution in [0.25, 0.3) is 0 Å². The van der Waals surface area contributed by atoms with Gasteiger partial charge in [-0.05, 0) is 24.6 Å². The monoisotopic (exact) mass is 269 g/mol. The number of hydrogen-bond acceptors (Lipinski definition) is 3. The standard InChI is InChI=1S/C13H19N3O.ClH/c1-15(2)12-5-3-4-10(8-12)13(17)16-7-6-11(14)9-16;/h3-5,8,11H,6-7,9,14H2,1-2H3;1H. The second kappa shape index (κ2) is 6.07. The van der Waals surface area contributed by atoms with Crippen LogP contribution >= 0.6 is 12.4 Å². The van der Waals surface area contributed by atoms with Gasteiger partial charge in [0.1, 0.15) is 0 Å². The Labute approximate surface area is 114 Å². The molecule has 100 valence electrons. The predicted molar refractivity (Wildman–Crippen MR) is 76.5 cm³/mol. The van der Waals surface area contributed by atoms with Crippen molar-refractivity contribution in [3.05, 3.63) is 29.8 Å². The van der Waals surface area contributed by atoms with Crippen LogP contribution in [0.15, 0.2) is 24.3 Å². The fourth-order valence-corrected chi connectivity index (χ4v) is 2.07. The van der Waals surface area contributed by atoms with E-state index in [4.69, 9.17) is 5.73 Å². The van der Waals surface area contributed by atoms with Crippen LogP contribution in [0.3, 0.4) is 0 Å². The molecule has 1 aromatic carbocycles. The van der Waals surface area contributed by atoms with Crippen molar-refractivity contribution in [2.24, 2.45) is 5.73 Å². The van der Waals surface area contributed by atoms with E-state index in [1.54, 1.807) is 0 Å². The number of amides is 1. The van der Waals surface area contributed by atoms with Crippen LogP contribution in [0.2, 0.25) is 0 Å². The van der Waals surface area contributed by atoms with Gasteiger partial charge in [-0.15, -0.1) is 12.4 Å². The van der Waals surface area contributed by atoms with Crippen LogP contribution in [-0.4, -0.2) is 44.0 Å². The molecule has 5 heteroatoms. The molecule has 1 atom stereocenters. The summed E-state index contributed by atoms with van der Waals surface area (Å²) in [5, 5.41) is 0. The van der Waals surface area contributed by atoms with E-state index in [2.05, 4.69) is 0 Å². The van der Waals surface area contributed by atoms with Gasteiger partial charge in [-0.2, -0.15) is 0 Å². The average molecular weight is 270 g/mol. The Morgan fingerprint density at radius 1 is 1.44 bits per heavy atom. The van der Waals surface area contributed by atoms with Crippen molar-refractivity contribution >= 4 is 24.0 Å². The van der Waals surface area contributed by atoms with Crippen molar-refractivity contribution in [1.82, 2.24) is 4.90 Å². The molecule has 1 fully saturated rings. The van der Waals surface area contributed by atoms with Gasteiger partial charge in [-0.3, -0.25) is 4.79 Å². The number of likely N-dealkylation sites (tertiary alicyclic amines) is 1. The Kier molecular flexibility index (Phi) is 4.99.